The maximum Gasteiger partial charge on any atom is 0.418 e. The summed E-state index contributed by atoms with van der Waals surface area (Å²) in [6, 6.07) is 3.15. The Morgan fingerprint density at radius 2 is 1.75 bits per heavy atom. The summed E-state index contributed by atoms with van der Waals surface area (Å²) >= 11 is 0. The van der Waals surface area contributed by atoms with Gasteiger partial charge in [-0.25, -0.2) is 13.8 Å². The van der Waals surface area contributed by atoms with Crippen LogP contribution in [0.25, 0.3) is 0 Å². The van der Waals surface area contributed by atoms with Gasteiger partial charge in [0.15, 0.2) is 23.2 Å². The molecule has 0 atom stereocenters. The van der Waals surface area contributed by atoms with Crippen LogP contribution in [0, 0.1) is 11.6 Å². The fraction of sp³-hybridized carbons (Fsp3) is 0.0833. The molecule has 0 spiro atoms. The molecule has 0 aliphatic carbocycles. The summed E-state index contributed by atoms with van der Waals surface area (Å²) in [7, 11) is 0. The highest BCUT2D eigenvalue weighted by molar-refractivity contribution is 5.49. The molecule has 0 saturated carbocycles. The van der Waals surface area contributed by atoms with E-state index in [4.69, 9.17) is 10.5 Å². The molecule has 0 fully saturated rings. The van der Waals surface area contributed by atoms with Gasteiger partial charge in [0.2, 0.25) is 0 Å². The van der Waals surface area contributed by atoms with Crippen molar-refractivity contribution in [1.29, 1.82) is 0 Å². The van der Waals surface area contributed by atoms with Crippen LogP contribution in [0.2, 0.25) is 0 Å². The van der Waals surface area contributed by atoms with Gasteiger partial charge >= 0.3 is 6.18 Å². The predicted molar refractivity (Wildman–Crippen MR) is 60.1 cm³/mol. The molecule has 8 heteroatoms. The van der Waals surface area contributed by atoms with E-state index in [0.717, 1.165) is 12.1 Å². The summed E-state index contributed by atoms with van der Waals surface area (Å²) in [5.74, 6) is -3.20. The maximum absolute atomic E-state index is 13.0. The van der Waals surface area contributed by atoms with Gasteiger partial charge in [-0.15, -0.1) is 0 Å². The van der Waals surface area contributed by atoms with Crippen LogP contribution in [0.5, 0.6) is 11.5 Å². The number of anilines is 1. The third-order valence-corrected chi connectivity index (χ3v) is 2.33. The minimum absolute atomic E-state index is 0.197. The zero-order chi connectivity index (χ0) is 14.9. The molecular weight excluding hydrogens is 283 g/mol. The minimum atomic E-state index is -4.62. The fourth-order valence-corrected chi connectivity index (χ4v) is 1.36. The lowest BCUT2D eigenvalue weighted by Gasteiger charge is -2.11. The second kappa shape index (κ2) is 4.95. The summed E-state index contributed by atoms with van der Waals surface area (Å²) < 4.78 is 68.2. The number of rotatable bonds is 2. The molecule has 20 heavy (non-hydrogen) atoms. The van der Waals surface area contributed by atoms with Gasteiger partial charge in [-0.05, 0) is 18.2 Å². The number of nitrogen functional groups attached to an aromatic ring is 1. The summed E-state index contributed by atoms with van der Waals surface area (Å²) in [5.41, 5.74) is 4.31. The monoisotopic (exact) mass is 290 g/mol. The van der Waals surface area contributed by atoms with Crippen LogP contribution in [0.15, 0.2) is 30.5 Å². The SMILES string of the molecule is Nc1ncc(C(F)(F)F)cc1Oc1ccc(F)c(F)c1. The molecule has 0 aliphatic heterocycles. The normalized spacial score (nSPS) is 11.4. The van der Waals surface area contributed by atoms with Gasteiger partial charge in [-0.2, -0.15) is 13.2 Å². The van der Waals surface area contributed by atoms with E-state index in [9.17, 15) is 22.0 Å². The standard InChI is InChI=1S/C12H7F5N2O/c13-8-2-1-7(4-9(8)14)20-10-3-6(12(15,16)17)5-19-11(10)18/h1-5H,(H2,18,19). The van der Waals surface area contributed by atoms with Crippen LogP contribution in [0.3, 0.4) is 0 Å². The van der Waals surface area contributed by atoms with Crippen molar-refractivity contribution < 1.29 is 26.7 Å². The molecule has 0 amide bonds. The van der Waals surface area contributed by atoms with Crippen molar-refractivity contribution in [2.24, 2.45) is 0 Å². The Bertz CT molecular complexity index is 642. The van der Waals surface area contributed by atoms with E-state index < -0.39 is 29.1 Å². The van der Waals surface area contributed by atoms with E-state index in [0.29, 0.717) is 18.3 Å². The molecule has 1 aromatic heterocycles. The molecular formula is C12H7F5N2O. The summed E-state index contributed by atoms with van der Waals surface area (Å²) in [4.78, 5) is 3.35. The van der Waals surface area contributed by atoms with Gasteiger partial charge < -0.3 is 10.5 Å². The van der Waals surface area contributed by atoms with Crippen LogP contribution >= 0.6 is 0 Å². The highest BCUT2D eigenvalue weighted by Crippen LogP contribution is 2.34. The number of aromatic nitrogens is 1. The van der Waals surface area contributed by atoms with E-state index in [2.05, 4.69) is 4.98 Å². The van der Waals surface area contributed by atoms with Crippen molar-refractivity contribution in [1.82, 2.24) is 4.98 Å². The molecule has 0 aliphatic rings. The Labute approximate surface area is 109 Å². The van der Waals surface area contributed by atoms with E-state index in [1.165, 1.54) is 0 Å². The van der Waals surface area contributed by atoms with Crippen molar-refractivity contribution in [2.75, 3.05) is 5.73 Å². The first kappa shape index (κ1) is 14.0. The molecule has 2 aromatic rings. The zero-order valence-electron chi connectivity index (χ0n) is 9.71. The molecule has 106 valence electrons. The van der Waals surface area contributed by atoms with Crippen LogP contribution in [-0.2, 0) is 6.18 Å². The molecule has 0 saturated heterocycles. The Hall–Kier alpha value is -2.38. The lowest BCUT2D eigenvalue weighted by molar-refractivity contribution is -0.137. The molecule has 2 rings (SSSR count). The molecule has 0 bridgehead atoms. The molecule has 2 N–H and O–H groups in total. The van der Waals surface area contributed by atoms with E-state index in [-0.39, 0.29) is 11.6 Å². The Balaban J connectivity index is 2.35. The largest absolute Gasteiger partial charge is 0.453 e. The van der Waals surface area contributed by atoms with Gasteiger partial charge in [0.25, 0.3) is 0 Å². The highest BCUT2D eigenvalue weighted by atomic mass is 19.4. The first-order valence-corrected chi connectivity index (χ1v) is 5.23. The first-order chi connectivity index (χ1) is 9.27. The summed E-state index contributed by atoms with van der Waals surface area (Å²) in [5, 5.41) is 0. The molecule has 0 unspecified atom stereocenters. The number of halogens is 5. The zero-order valence-corrected chi connectivity index (χ0v) is 9.71. The molecule has 0 radical (unpaired) electrons. The average Bonchev–Trinajstić information content (AvgIpc) is 2.35. The van der Waals surface area contributed by atoms with E-state index >= 15 is 0 Å². The van der Waals surface area contributed by atoms with E-state index in [1.54, 1.807) is 0 Å². The Morgan fingerprint density at radius 3 is 2.35 bits per heavy atom. The van der Waals surface area contributed by atoms with Crippen molar-refractivity contribution in [2.45, 2.75) is 6.18 Å². The fourth-order valence-electron chi connectivity index (χ4n) is 1.36. The van der Waals surface area contributed by atoms with Gasteiger partial charge in [-0.3, -0.25) is 0 Å². The van der Waals surface area contributed by atoms with Gasteiger partial charge in [0, 0.05) is 12.3 Å². The van der Waals surface area contributed by atoms with Gasteiger partial charge in [0.1, 0.15) is 5.75 Å². The number of alkyl halides is 3. The third-order valence-electron chi connectivity index (χ3n) is 2.33. The van der Waals surface area contributed by atoms with Crippen molar-refractivity contribution in [3.63, 3.8) is 0 Å². The number of pyridine rings is 1. The van der Waals surface area contributed by atoms with Gasteiger partial charge in [-0.1, -0.05) is 0 Å². The lowest BCUT2D eigenvalue weighted by Crippen LogP contribution is -2.07. The van der Waals surface area contributed by atoms with Crippen molar-refractivity contribution >= 4 is 5.82 Å². The van der Waals surface area contributed by atoms with Crippen LogP contribution in [-0.4, -0.2) is 4.98 Å². The summed E-state index contributed by atoms with van der Waals surface area (Å²) in [6.07, 6.45) is -4.07. The number of nitrogens with zero attached hydrogens (tertiary/aromatic N) is 1. The number of ether oxygens (including phenoxy) is 1. The predicted octanol–water partition coefficient (Wildman–Crippen LogP) is 3.75. The second-order valence-electron chi connectivity index (χ2n) is 3.78. The van der Waals surface area contributed by atoms with Crippen LogP contribution < -0.4 is 10.5 Å². The molecule has 1 aromatic carbocycles. The molecule has 1 heterocycles. The van der Waals surface area contributed by atoms with Crippen molar-refractivity contribution in [3.05, 3.63) is 47.7 Å². The number of hydrogen-bond acceptors (Lipinski definition) is 3. The minimum Gasteiger partial charge on any atom is -0.453 e. The van der Waals surface area contributed by atoms with Crippen LogP contribution in [0.1, 0.15) is 5.56 Å². The topological polar surface area (TPSA) is 48.1 Å². The number of benzene rings is 1. The highest BCUT2D eigenvalue weighted by Gasteiger charge is 2.32. The van der Waals surface area contributed by atoms with Gasteiger partial charge in [0.05, 0.1) is 5.56 Å². The Morgan fingerprint density at radius 1 is 1.05 bits per heavy atom. The molecule has 3 nitrogen and oxygen atoms in total. The quantitative estimate of drug-likeness (QED) is 0.857. The second-order valence-corrected chi connectivity index (χ2v) is 3.78. The first-order valence-electron chi connectivity index (χ1n) is 5.23. The van der Waals surface area contributed by atoms with E-state index in [1.807, 2.05) is 0 Å². The van der Waals surface area contributed by atoms with Crippen LogP contribution in [0.4, 0.5) is 27.8 Å². The lowest BCUT2D eigenvalue weighted by atomic mass is 10.2. The van der Waals surface area contributed by atoms with Crippen molar-refractivity contribution in [3.8, 4) is 11.5 Å². The Kier molecular flexibility index (Phi) is 3.47. The third kappa shape index (κ3) is 2.95. The average molecular weight is 290 g/mol. The number of nitrogens with two attached hydrogens (primary N) is 1. The summed E-state index contributed by atoms with van der Waals surface area (Å²) in [6.45, 7) is 0. The maximum atomic E-state index is 13.0. The number of hydrogen-bond donors (Lipinski definition) is 1. The smallest absolute Gasteiger partial charge is 0.418 e.